The molecule has 2 rings (SSSR count). The van der Waals surface area contributed by atoms with E-state index in [1.54, 1.807) is 54.6 Å². The Morgan fingerprint density at radius 2 is 1.48 bits per heavy atom. The molecule has 6 nitrogen and oxygen atoms in total. The molecule has 0 bridgehead atoms. The predicted molar refractivity (Wildman–Crippen MR) is 97.7 cm³/mol. The molecule has 0 atom stereocenters. The van der Waals surface area contributed by atoms with Crippen LogP contribution in [0.4, 0.5) is 11.4 Å². The van der Waals surface area contributed by atoms with Crippen LogP contribution in [0.1, 0.15) is 27.6 Å². The summed E-state index contributed by atoms with van der Waals surface area (Å²) in [5.74, 6) is -0.721. The molecule has 0 spiro atoms. The molecule has 0 unspecified atom stereocenters. The lowest BCUT2D eigenvalue weighted by Crippen LogP contribution is -2.23. The normalized spacial score (nSPS) is 9.80. The van der Waals surface area contributed by atoms with E-state index in [2.05, 4.69) is 22.5 Å². The molecule has 0 heterocycles. The number of rotatable bonds is 6. The van der Waals surface area contributed by atoms with Crippen LogP contribution in [0.2, 0.25) is 0 Å². The van der Waals surface area contributed by atoms with Gasteiger partial charge < -0.3 is 16.0 Å². The molecule has 0 fully saturated rings. The SMILES string of the molecule is C=CCNC(=O)c1ccc(C(=O)Nc2cccc(NC(C)=O)c2)cc1. The van der Waals surface area contributed by atoms with Gasteiger partial charge in [-0.1, -0.05) is 12.1 Å². The second kappa shape index (κ2) is 8.44. The van der Waals surface area contributed by atoms with Crippen LogP contribution in [0.3, 0.4) is 0 Å². The molecule has 0 saturated heterocycles. The fourth-order valence-corrected chi connectivity index (χ4v) is 2.12. The molecule has 3 N–H and O–H groups in total. The minimum atomic E-state index is -0.307. The first-order chi connectivity index (χ1) is 12.0. The van der Waals surface area contributed by atoms with Crippen LogP contribution in [0.5, 0.6) is 0 Å². The van der Waals surface area contributed by atoms with Crippen molar-refractivity contribution in [1.29, 1.82) is 0 Å². The average molecular weight is 337 g/mol. The van der Waals surface area contributed by atoms with Crippen molar-refractivity contribution in [2.45, 2.75) is 6.92 Å². The van der Waals surface area contributed by atoms with Gasteiger partial charge in [-0.15, -0.1) is 6.58 Å². The Labute approximate surface area is 145 Å². The van der Waals surface area contributed by atoms with E-state index < -0.39 is 0 Å². The van der Waals surface area contributed by atoms with Crippen molar-refractivity contribution in [3.8, 4) is 0 Å². The van der Waals surface area contributed by atoms with Crippen molar-refractivity contribution in [3.63, 3.8) is 0 Å². The van der Waals surface area contributed by atoms with E-state index in [9.17, 15) is 14.4 Å². The summed E-state index contributed by atoms with van der Waals surface area (Å²) in [7, 11) is 0. The standard InChI is InChI=1S/C19H19N3O3/c1-3-11-20-18(24)14-7-9-15(10-8-14)19(25)22-17-6-4-5-16(12-17)21-13(2)23/h3-10,12H,1,11H2,2H3,(H,20,24)(H,21,23)(H,22,25). The Kier molecular flexibility index (Phi) is 6.06. The minimum Gasteiger partial charge on any atom is -0.349 e. The second-order valence-electron chi connectivity index (χ2n) is 5.29. The first-order valence-corrected chi connectivity index (χ1v) is 7.68. The first-order valence-electron chi connectivity index (χ1n) is 7.68. The van der Waals surface area contributed by atoms with E-state index in [0.717, 1.165) is 0 Å². The lowest BCUT2D eigenvalue weighted by molar-refractivity contribution is -0.114. The monoisotopic (exact) mass is 337 g/mol. The summed E-state index contributed by atoms with van der Waals surface area (Å²) in [5, 5.41) is 8.07. The third-order valence-corrected chi connectivity index (χ3v) is 3.26. The number of benzene rings is 2. The van der Waals surface area contributed by atoms with E-state index in [1.165, 1.54) is 6.92 Å². The topological polar surface area (TPSA) is 87.3 Å². The summed E-state index contributed by atoms with van der Waals surface area (Å²) in [6.45, 7) is 5.33. The predicted octanol–water partition coefficient (Wildman–Crippen LogP) is 2.81. The number of hydrogen-bond donors (Lipinski definition) is 3. The van der Waals surface area contributed by atoms with Crippen molar-refractivity contribution in [2.75, 3.05) is 17.2 Å². The van der Waals surface area contributed by atoms with Crippen molar-refractivity contribution in [2.24, 2.45) is 0 Å². The van der Waals surface area contributed by atoms with Gasteiger partial charge in [0.1, 0.15) is 0 Å². The fraction of sp³-hybridized carbons (Fsp3) is 0.105. The summed E-state index contributed by atoms with van der Waals surface area (Å²) in [6, 6.07) is 13.2. The van der Waals surface area contributed by atoms with E-state index in [-0.39, 0.29) is 17.7 Å². The molecule has 6 heteroatoms. The van der Waals surface area contributed by atoms with Crippen LogP contribution in [-0.4, -0.2) is 24.3 Å². The molecule has 0 aliphatic heterocycles. The Hall–Kier alpha value is -3.41. The van der Waals surface area contributed by atoms with Gasteiger partial charge in [0.05, 0.1) is 0 Å². The van der Waals surface area contributed by atoms with Crippen molar-refractivity contribution in [1.82, 2.24) is 5.32 Å². The van der Waals surface area contributed by atoms with Gasteiger partial charge >= 0.3 is 0 Å². The molecule has 0 saturated carbocycles. The van der Waals surface area contributed by atoms with Gasteiger partial charge in [-0.05, 0) is 42.5 Å². The van der Waals surface area contributed by atoms with Gasteiger partial charge in [0.15, 0.2) is 0 Å². The molecular weight excluding hydrogens is 318 g/mol. The third-order valence-electron chi connectivity index (χ3n) is 3.26. The second-order valence-corrected chi connectivity index (χ2v) is 5.29. The van der Waals surface area contributed by atoms with E-state index in [0.29, 0.717) is 29.0 Å². The molecule has 0 aromatic heterocycles. The Morgan fingerprint density at radius 1 is 0.920 bits per heavy atom. The van der Waals surface area contributed by atoms with Gasteiger partial charge in [0.25, 0.3) is 11.8 Å². The van der Waals surface area contributed by atoms with E-state index in [1.807, 2.05) is 0 Å². The molecule has 2 aromatic carbocycles. The van der Waals surface area contributed by atoms with Crippen LogP contribution >= 0.6 is 0 Å². The minimum absolute atomic E-state index is 0.186. The highest BCUT2D eigenvalue weighted by Gasteiger charge is 2.09. The lowest BCUT2D eigenvalue weighted by atomic mass is 10.1. The van der Waals surface area contributed by atoms with Crippen molar-refractivity contribution in [3.05, 3.63) is 72.3 Å². The summed E-state index contributed by atoms with van der Waals surface area (Å²) in [6.07, 6.45) is 1.59. The zero-order valence-electron chi connectivity index (χ0n) is 13.8. The highest BCUT2D eigenvalue weighted by molar-refractivity contribution is 6.05. The molecule has 0 radical (unpaired) electrons. The van der Waals surface area contributed by atoms with Crippen LogP contribution in [0.15, 0.2) is 61.2 Å². The zero-order chi connectivity index (χ0) is 18.2. The number of anilines is 2. The van der Waals surface area contributed by atoms with Crippen molar-refractivity contribution < 1.29 is 14.4 Å². The van der Waals surface area contributed by atoms with Gasteiger partial charge in [0.2, 0.25) is 5.91 Å². The van der Waals surface area contributed by atoms with Crippen LogP contribution in [-0.2, 0) is 4.79 Å². The largest absolute Gasteiger partial charge is 0.349 e. The number of nitrogens with one attached hydrogen (secondary N) is 3. The number of carbonyl (C=O) groups is 3. The maximum absolute atomic E-state index is 12.3. The first kappa shape index (κ1) is 17.9. The van der Waals surface area contributed by atoms with Crippen LogP contribution in [0.25, 0.3) is 0 Å². The molecule has 0 aliphatic rings. The molecular formula is C19H19N3O3. The van der Waals surface area contributed by atoms with Gasteiger partial charge in [-0.3, -0.25) is 14.4 Å². The Morgan fingerprint density at radius 3 is 2.04 bits per heavy atom. The maximum atomic E-state index is 12.3. The highest BCUT2D eigenvalue weighted by Crippen LogP contribution is 2.16. The number of carbonyl (C=O) groups excluding carboxylic acids is 3. The smallest absolute Gasteiger partial charge is 0.255 e. The van der Waals surface area contributed by atoms with Gasteiger partial charge in [-0.25, -0.2) is 0 Å². The highest BCUT2D eigenvalue weighted by atomic mass is 16.2. The molecule has 2 aromatic rings. The molecule has 25 heavy (non-hydrogen) atoms. The van der Waals surface area contributed by atoms with Gasteiger partial charge in [0, 0.05) is 36.0 Å². The van der Waals surface area contributed by atoms with Gasteiger partial charge in [-0.2, -0.15) is 0 Å². The van der Waals surface area contributed by atoms with E-state index >= 15 is 0 Å². The lowest BCUT2D eigenvalue weighted by Gasteiger charge is -2.08. The summed E-state index contributed by atoms with van der Waals surface area (Å²) < 4.78 is 0. The van der Waals surface area contributed by atoms with E-state index in [4.69, 9.17) is 0 Å². The maximum Gasteiger partial charge on any atom is 0.255 e. The molecule has 3 amide bonds. The van der Waals surface area contributed by atoms with Crippen molar-refractivity contribution >= 4 is 29.1 Å². The van der Waals surface area contributed by atoms with Crippen LogP contribution < -0.4 is 16.0 Å². The van der Waals surface area contributed by atoms with Crippen LogP contribution in [0, 0.1) is 0 Å². The number of amides is 3. The zero-order valence-corrected chi connectivity index (χ0v) is 13.8. The third kappa shape index (κ3) is 5.31. The quantitative estimate of drug-likeness (QED) is 0.708. The Balaban J connectivity index is 2.04. The Bertz CT molecular complexity index is 798. The molecule has 128 valence electrons. The number of hydrogen-bond acceptors (Lipinski definition) is 3. The summed E-state index contributed by atoms with van der Waals surface area (Å²) in [4.78, 5) is 35.2. The summed E-state index contributed by atoms with van der Waals surface area (Å²) in [5.41, 5.74) is 2.04. The fourth-order valence-electron chi connectivity index (χ4n) is 2.12. The average Bonchev–Trinajstić information content (AvgIpc) is 2.59. The summed E-state index contributed by atoms with van der Waals surface area (Å²) >= 11 is 0. The molecule has 0 aliphatic carbocycles.